The average Bonchev–Trinajstić information content (AvgIpc) is 3.12. The summed E-state index contributed by atoms with van der Waals surface area (Å²) in [5.74, 6) is -0.451. The van der Waals surface area contributed by atoms with Crippen LogP contribution in [0.15, 0.2) is 59.1 Å². The second-order valence-corrected chi connectivity index (χ2v) is 7.64. The molecule has 0 amide bonds. The van der Waals surface area contributed by atoms with Crippen LogP contribution in [0.1, 0.15) is 41.5 Å². The van der Waals surface area contributed by atoms with E-state index in [2.05, 4.69) is 26.2 Å². The molecule has 7 heteroatoms. The van der Waals surface area contributed by atoms with Crippen LogP contribution >= 0.6 is 15.9 Å². The maximum absolute atomic E-state index is 12.1. The summed E-state index contributed by atoms with van der Waals surface area (Å²) in [6, 6.07) is 17.9. The van der Waals surface area contributed by atoms with Crippen molar-refractivity contribution in [3.8, 4) is 0 Å². The van der Waals surface area contributed by atoms with Gasteiger partial charge in [-0.1, -0.05) is 76.6 Å². The van der Waals surface area contributed by atoms with E-state index in [-0.39, 0.29) is 24.4 Å². The first-order chi connectivity index (χ1) is 14.0. The third-order valence-electron chi connectivity index (χ3n) is 4.93. The number of nitrogens with zero attached hydrogens (tertiary/aromatic N) is 3. The van der Waals surface area contributed by atoms with Gasteiger partial charge in [-0.15, -0.1) is 5.10 Å². The smallest absolute Gasteiger partial charge is 0.311 e. The van der Waals surface area contributed by atoms with Gasteiger partial charge in [0.05, 0.1) is 37.6 Å². The van der Waals surface area contributed by atoms with E-state index in [1.807, 2.05) is 61.5 Å². The number of methoxy groups -OCH3 is 2. The van der Waals surface area contributed by atoms with Crippen LogP contribution in [-0.4, -0.2) is 35.2 Å². The highest BCUT2D eigenvalue weighted by Crippen LogP contribution is 2.37. The summed E-state index contributed by atoms with van der Waals surface area (Å²) in [4.78, 5) is 12.1. The third kappa shape index (κ3) is 4.92. The Morgan fingerprint density at radius 2 is 1.79 bits per heavy atom. The highest BCUT2D eigenvalue weighted by molar-refractivity contribution is 9.10. The van der Waals surface area contributed by atoms with Crippen molar-refractivity contribution < 1.29 is 14.3 Å². The number of hydrogen-bond donors (Lipinski definition) is 0. The lowest BCUT2D eigenvalue weighted by atomic mass is 9.92. The zero-order valence-electron chi connectivity index (χ0n) is 16.7. The second-order valence-electron chi connectivity index (χ2n) is 6.78. The Balaban J connectivity index is 1.98. The fourth-order valence-corrected chi connectivity index (χ4v) is 3.93. The molecule has 1 heterocycles. The monoisotopic (exact) mass is 457 g/mol. The normalized spacial score (nSPS) is 13.1. The van der Waals surface area contributed by atoms with E-state index in [0.717, 1.165) is 27.0 Å². The van der Waals surface area contributed by atoms with Gasteiger partial charge in [-0.3, -0.25) is 4.79 Å². The SMILES string of the molecule is COC(=O)Cc1c([C@H](C)[C@@H](OC)c2ccccc2Br)nnn1Cc1ccccc1. The number of carbonyl (C=O) groups excluding carboxylic acids is 1. The number of aromatic nitrogens is 3. The van der Waals surface area contributed by atoms with Crippen LogP contribution in [0.2, 0.25) is 0 Å². The standard InChI is InChI=1S/C22H24BrN3O3/c1-15(22(29-3)17-11-7-8-12-18(17)23)21-19(13-20(27)28-2)26(25-24-21)14-16-9-5-4-6-10-16/h4-12,15,22H,13-14H2,1-3H3/t15-,22+/m0/s1. The molecule has 0 saturated carbocycles. The van der Waals surface area contributed by atoms with Crippen molar-refractivity contribution in [2.75, 3.05) is 14.2 Å². The van der Waals surface area contributed by atoms with Crippen molar-refractivity contribution in [2.45, 2.75) is 31.9 Å². The molecule has 0 spiro atoms. The lowest BCUT2D eigenvalue weighted by Gasteiger charge is -2.23. The molecule has 0 N–H and O–H groups in total. The van der Waals surface area contributed by atoms with Crippen molar-refractivity contribution in [1.29, 1.82) is 0 Å². The van der Waals surface area contributed by atoms with Crippen LogP contribution < -0.4 is 0 Å². The number of esters is 1. The van der Waals surface area contributed by atoms with Crippen LogP contribution in [0.3, 0.4) is 0 Å². The quantitative estimate of drug-likeness (QED) is 0.471. The molecule has 3 rings (SSSR count). The Morgan fingerprint density at radius 1 is 1.10 bits per heavy atom. The van der Waals surface area contributed by atoms with Gasteiger partial charge in [0.2, 0.25) is 0 Å². The first-order valence-electron chi connectivity index (χ1n) is 9.35. The van der Waals surface area contributed by atoms with Gasteiger partial charge in [0, 0.05) is 17.5 Å². The van der Waals surface area contributed by atoms with Crippen LogP contribution in [0.5, 0.6) is 0 Å². The molecule has 0 aliphatic rings. The Bertz CT molecular complexity index is 959. The van der Waals surface area contributed by atoms with Crippen LogP contribution in [0.4, 0.5) is 0 Å². The fourth-order valence-electron chi connectivity index (χ4n) is 3.42. The predicted molar refractivity (Wildman–Crippen MR) is 114 cm³/mol. The zero-order valence-corrected chi connectivity index (χ0v) is 18.3. The predicted octanol–water partition coefficient (Wildman–Crippen LogP) is 4.30. The molecule has 0 bridgehead atoms. The summed E-state index contributed by atoms with van der Waals surface area (Å²) in [6.07, 6.45) is -0.147. The van der Waals surface area contributed by atoms with E-state index in [9.17, 15) is 4.79 Å². The molecular weight excluding hydrogens is 434 g/mol. The zero-order chi connectivity index (χ0) is 20.8. The Kier molecular flexibility index (Phi) is 7.17. The molecule has 6 nitrogen and oxygen atoms in total. The van der Waals surface area contributed by atoms with Crippen LogP contribution in [0, 0.1) is 0 Å². The number of halogens is 1. The highest BCUT2D eigenvalue weighted by Gasteiger charge is 2.29. The van der Waals surface area contributed by atoms with Crippen molar-refractivity contribution in [3.05, 3.63) is 81.6 Å². The average molecular weight is 458 g/mol. The van der Waals surface area contributed by atoms with Crippen molar-refractivity contribution >= 4 is 21.9 Å². The van der Waals surface area contributed by atoms with Gasteiger partial charge in [-0.05, 0) is 17.2 Å². The van der Waals surface area contributed by atoms with Crippen LogP contribution in [-0.2, 0) is 27.2 Å². The molecule has 2 aromatic carbocycles. The van der Waals surface area contributed by atoms with Gasteiger partial charge in [0.25, 0.3) is 0 Å². The molecule has 152 valence electrons. The van der Waals surface area contributed by atoms with Crippen LogP contribution in [0.25, 0.3) is 0 Å². The first kappa shape index (κ1) is 21.2. The summed E-state index contributed by atoms with van der Waals surface area (Å²) < 4.78 is 13.5. The van der Waals surface area contributed by atoms with E-state index in [1.54, 1.807) is 11.8 Å². The summed E-state index contributed by atoms with van der Waals surface area (Å²) in [5, 5.41) is 8.78. The summed E-state index contributed by atoms with van der Waals surface area (Å²) in [7, 11) is 3.06. The molecule has 3 aromatic rings. The van der Waals surface area contributed by atoms with E-state index in [0.29, 0.717) is 6.54 Å². The topological polar surface area (TPSA) is 66.2 Å². The Hall–Kier alpha value is -2.51. The minimum Gasteiger partial charge on any atom is -0.469 e. The van der Waals surface area contributed by atoms with E-state index < -0.39 is 0 Å². The van der Waals surface area contributed by atoms with Gasteiger partial charge < -0.3 is 9.47 Å². The largest absolute Gasteiger partial charge is 0.469 e. The number of hydrogen-bond acceptors (Lipinski definition) is 5. The van der Waals surface area contributed by atoms with Crippen molar-refractivity contribution in [3.63, 3.8) is 0 Å². The maximum Gasteiger partial charge on any atom is 0.311 e. The Morgan fingerprint density at radius 3 is 2.45 bits per heavy atom. The molecule has 0 unspecified atom stereocenters. The third-order valence-corrected chi connectivity index (χ3v) is 5.66. The number of carbonyl (C=O) groups is 1. The molecule has 0 aliphatic heterocycles. The van der Waals surface area contributed by atoms with Gasteiger partial charge in [-0.2, -0.15) is 0 Å². The molecular formula is C22H24BrN3O3. The molecule has 0 aliphatic carbocycles. The van der Waals surface area contributed by atoms with Gasteiger partial charge >= 0.3 is 5.97 Å². The molecule has 1 aromatic heterocycles. The lowest BCUT2D eigenvalue weighted by Crippen LogP contribution is -2.17. The molecule has 0 fully saturated rings. The minimum atomic E-state index is -0.329. The first-order valence-corrected chi connectivity index (χ1v) is 10.1. The van der Waals surface area contributed by atoms with Crippen molar-refractivity contribution in [2.24, 2.45) is 0 Å². The van der Waals surface area contributed by atoms with Gasteiger partial charge in [0.15, 0.2) is 0 Å². The summed E-state index contributed by atoms with van der Waals surface area (Å²) in [5.41, 5.74) is 3.57. The van der Waals surface area contributed by atoms with E-state index >= 15 is 0 Å². The van der Waals surface area contributed by atoms with Gasteiger partial charge in [-0.25, -0.2) is 4.68 Å². The molecule has 0 saturated heterocycles. The molecule has 29 heavy (non-hydrogen) atoms. The molecule has 2 atom stereocenters. The highest BCUT2D eigenvalue weighted by atomic mass is 79.9. The number of rotatable bonds is 8. The van der Waals surface area contributed by atoms with E-state index in [1.165, 1.54) is 7.11 Å². The minimum absolute atomic E-state index is 0.0996. The second kappa shape index (κ2) is 9.80. The van der Waals surface area contributed by atoms with Crippen molar-refractivity contribution in [1.82, 2.24) is 15.0 Å². The van der Waals surface area contributed by atoms with Gasteiger partial charge in [0.1, 0.15) is 0 Å². The number of benzene rings is 2. The lowest BCUT2D eigenvalue weighted by molar-refractivity contribution is -0.139. The van der Waals surface area contributed by atoms with E-state index in [4.69, 9.17) is 9.47 Å². The molecule has 0 radical (unpaired) electrons. The Labute approximate surface area is 179 Å². The summed E-state index contributed by atoms with van der Waals surface area (Å²) >= 11 is 3.60. The number of ether oxygens (including phenoxy) is 2. The maximum atomic E-state index is 12.1. The summed E-state index contributed by atoms with van der Waals surface area (Å²) in [6.45, 7) is 2.56. The fraction of sp³-hybridized carbons (Fsp3) is 0.318.